The molecule has 0 radical (unpaired) electrons. The Labute approximate surface area is 120 Å². The molecular weight excluding hydrogens is 258 g/mol. The SMILES string of the molecule is COCC(C)N(C)CCCOc1cccc(C(=O)O)c1. The lowest BCUT2D eigenvalue weighted by Gasteiger charge is -2.23. The number of nitrogens with zero attached hydrogens (tertiary/aromatic N) is 1. The van der Waals surface area contributed by atoms with Crippen LogP contribution in [0.2, 0.25) is 0 Å². The molecule has 0 saturated heterocycles. The molecule has 0 saturated carbocycles. The van der Waals surface area contributed by atoms with Crippen LogP contribution in [0.15, 0.2) is 24.3 Å². The average molecular weight is 281 g/mol. The maximum absolute atomic E-state index is 10.8. The molecule has 0 spiro atoms. The van der Waals surface area contributed by atoms with Gasteiger partial charge in [0, 0.05) is 19.7 Å². The van der Waals surface area contributed by atoms with E-state index in [2.05, 4.69) is 18.9 Å². The van der Waals surface area contributed by atoms with Crippen LogP contribution in [-0.2, 0) is 4.74 Å². The fourth-order valence-electron chi connectivity index (χ4n) is 1.81. The molecule has 1 aromatic rings. The summed E-state index contributed by atoms with van der Waals surface area (Å²) in [6.45, 7) is 4.29. The van der Waals surface area contributed by atoms with Gasteiger partial charge in [0.1, 0.15) is 5.75 Å². The minimum atomic E-state index is -0.941. The number of likely N-dealkylation sites (N-methyl/N-ethyl adjacent to an activating group) is 1. The number of hydrogen-bond acceptors (Lipinski definition) is 4. The highest BCUT2D eigenvalue weighted by Crippen LogP contribution is 2.13. The van der Waals surface area contributed by atoms with Crippen molar-refractivity contribution in [2.45, 2.75) is 19.4 Å². The molecule has 5 nitrogen and oxygen atoms in total. The van der Waals surface area contributed by atoms with Gasteiger partial charge in [0.2, 0.25) is 0 Å². The maximum atomic E-state index is 10.8. The monoisotopic (exact) mass is 281 g/mol. The van der Waals surface area contributed by atoms with Gasteiger partial charge >= 0.3 is 5.97 Å². The number of carboxylic acids is 1. The van der Waals surface area contributed by atoms with E-state index in [1.54, 1.807) is 31.4 Å². The molecule has 0 aliphatic rings. The number of rotatable bonds is 9. The van der Waals surface area contributed by atoms with Gasteiger partial charge in [-0.25, -0.2) is 4.79 Å². The Kier molecular flexibility index (Phi) is 7.04. The van der Waals surface area contributed by atoms with Crippen LogP contribution in [0.4, 0.5) is 0 Å². The molecule has 0 heterocycles. The van der Waals surface area contributed by atoms with Crippen molar-refractivity contribution in [1.29, 1.82) is 0 Å². The maximum Gasteiger partial charge on any atom is 0.335 e. The second-order valence-electron chi connectivity index (χ2n) is 4.82. The van der Waals surface area contributed by atoms with Gasteiger partial charge in [-0.15, -0.1) is 0 Å². The van der Waals surface area contributed by atoms with Gasteiger partial charge in [-0.1, -0.05) is 6.07 Å². The van der Waals surface area contributed by atoms with Crippen molar-refractivity contribution in [3.8, 4) is 5.75 Å². The molecule has 0 aliphatic carbocycles. The van der Waals surface area contributed by atoms with E-state index in [-0.39, 0.29) is 5.56 Å². The quantitative estimate of drug-likeness (QED) is 0.703. The van der Waals surface area contributed by atoms with Crippen LogP contribution in [0.1, 0.15) is 23.7 Å². The Morgan fingerprint density at radius 3 is 2.85 bits per heavy atom. The van der Waals surface area contributed by atoms with Gasteiger partial charge in [0.15, 0.2) is 0 Å². The van der Waals surface area contributed by atoms with Crippen LogP contribution < -0.4 is 4.74 Å². The molecule has 20 heavy (non-hydrogen) atoms. The lowest BCUT2D eigenvalue weighted by atomic mass is 10.2. The van der Waals surface area contributed by atoms with Crippen molar-refractivity contribution in [3.63, 3.8) is 0 Å². The van der Waals surface area contributed by atoms with E-state index in [0.29, 0.717) is 25.0 Å². The first-order valence-corrected chi connectivity index (χ1v) is 6.70. The average Bonchev–Trinajstić information content (AvgIpc) is 2.44. The Hall–Kier alpha value is -1.59. The van der Waals surface area contributed by atoms with Crippen molar-refractivity contribution in [3.05, 3.63) is 29.8 Å². The summed E-state index contributed by atoms with van der Waals surface area (Å²) in [7, 11) is 3.75. The van der Waals surface area contributed by atoms with Crippen molar-refractivity contribution in [2.75, 3.05) is 33.9 Å². The smallest absolute Gasteiger partial charge is 0.335 e. The van der Waals surface area contributed by atoms with E-state index in [1.807, 2.05) is 0 Å². The summed E-state index contributed by atoms with van der Waals surface area (Å²) in [6, 6.07) is 6.92. The van der Waals surface area contributed by atoms with E-state index >= 15 is 0 Å². The first kappa shape index (κ1) is 16.5. The zero-order valence-electron chi connectivity index (χ0n) is 12.3. The fourth-order valence-corrected chi connectivity index (χ4v) is 1.81. The third-order valence-corrected chi connectivity index (χ3v) is 3.17. The molecule has 0 bridgehead atoms. The summed E-state index contributed by atoms with van der Waals surface area (Å²) in [5.74, 6) is -0.346. The molecule has 1 rings (SSSR count). The minimum absolute atomic E-state index is 0.244. The van der Waals surface area contributed by atoms with Gasteiger partial charge < -0.3 is 19.5 Å². The van der Waals surface area contributed by atoms with Crippen molar-refractivity contribution < 1.29 is 19.4 Å². The predicted octanol–water partition coefficient (Wildman–Crippen LogP) is 2.12. The summed E-state index contributed by atoms with van der Waals surface area (Å²) >= 11 is 0. The zero-order valence-corrected chi connectivity index (χ0v) is 12.3. The number of hydrogen-bond donors (Lipinski definition) is 1. The van der Waals surface area contributed by atoms with Crippen LogP contribution in [-0.4, -0.2) is 55.9 Å². The second kappa shape index (κ2) is 8.55. The topological polar surface area (TPSA) is 59.0 Å². The second-order valence-corrected chi connectivity index (χ2v) is 4.82. The largest absolute Gasteiger partial charge is 0.494 e. The first-order chi connectivity index (χ1) is 9.54. The van der Waals surface area contributed by atoms with Gasteiger partial charge in [0.05, 0.1) is 18.8 Å². The highest BCUT2D eigenvalue weighted by molar-refractivity contribution is 5.87. The number of carboxylic acid groups (broad SMARTS) is 1. The van der Waals surface area contributed by atoms with Crippen molar-refractivity contribution in [1.82, 2.24) is 4.90 Å². The van der Waals surface area contributed by atoms with Gasteiger partial charge in [-0.3, -0.25) is 0 Å². The molecule has 1 aromatic carbocycles. The van der Waals surface area contributed by atoms with E-state index in [0.717, 1.165) is 13.0 Å². The first-order valence-electron chi connectivity index (χ1n) is 6.70. The molecule has 0 amide bonds. The van der Waals surface area contributed by atoms with E-state index in [9.17, 15) is 4.79 Å². The molecule has 0 fully saturated rings. The summed E-state index contributed by atoms with van der Waals surface area (Å²) in [5, 5.41) is 8.89. The van der Waals surface area contributed by atoms with Crippen LogP contribution in [0.25, 0.3) is 0 Å². The fraction of sp³-hybridized carbons (Fsp3) is 0.533. The molecule has 0 aliphatic heterocycles. The third kappa shape index (κ3) is 5.59. The minimum Gasteiger partial charge on any atom is -0.494 e. The Morgan fingerprint density at radius 2 is 2.20 bits per heavy atom. The van der Waals surface area contributed by atoms with Crippen LogP contribution in [0.3, 0.4) is 0 Å². The summed E-state index contributed by atoms with van der Waals surface area (Å²) < 4.78 is 10.7. The lowest BCUT2D eigenvalue weighted by Crippen LogP contribution is -2.34. The Morgan fingerprint density at radius 1 is 1.45 bits per heavy atom. The van der Waals surface area contributed by atoms with Crippen molar-refractivity contribution in [2.24, 2.45) is 0 Å². The van der Waals surface area contributed by atoms with Crippen LogP contribution in [0, 0.1) is 0 Å². The lowest BCUT2D eigenvalue weighted by molar-refractivity contribution is 0.0696. The van der Waals surface area contributed by atoms with Crippen molar-refractivity contribution >= 4 is 5.97 Å². The van der Waals surface area contributed by atoms with Gasteiger partial charge in [0.25, 0.3) is 0 Å². The van der Waals surface area contributed by atoms with E-state index in [1.165, 1.54) is 0 Å². The van der Waals surface area contributed by atoms with E-state index < -0.39 is 5.97 Å². The Balaban J connectivity index is 2.30. The molecular formula is C15H23NO4. The summed E-state index contributed by atoms with van der Waals surface area (Å²) in [5.41, 5.74) is 0.244. The number of ether oxygens (including phenoxy) is 2. The summed E-state index contributed by atoms with van der Waals surface area (Å²) in [6.07, 6.45) is 0.877. The Bertz CT molecular complexity index is 422. The molecule has 0 aromatic heterocycles. The zero-order chi connectivity index (χ0) is 15.0. The number of methoxy groups -OCH3 is 1. The highest BCUT2D eigenvalue weighted by Gasteiger charge is 2.08. The normalized spacial score (nSPS) is 12.4. The van der Waals surface area contributed by atoms with Crippen LogP contribution >= 0.6 is 0 Å². The number of carbonyl (C=O) groups is 1. The molecule has 1 unspecified atom stereocenters. The predicted molar refractivity (Wildman–Crippen MR) is 77.5 cm³/mol. The molecule has 5 heteroatoms. The van der Waals surface area contributed by atoms with Crippen LogP contribution in [0.5, 0.6) is 5.75 Å². The highest BCUT2D eigenvalue weighted by atomic mass is 16.5. The summed E-state index contributed by atoms with van der Waals surface area (Å²) in [4.78, 5) is 13.0. The van der Waals surface area contributed by atoms with Gasteiger partial charge in [-0.05, 0) is 38.6 Å². The number of benzene rings is 1. The standard InChI is InChI=1S/C15H23NO4/c1-12(11-19-3)16(2)8-5-9-20-14-7-4-6-13(10-14)15(17)18/h4,6-7,10,12H,5,8-9,11H2,1-3H3,(H,17,18). The van der Waals surface area contributed by atoms with E-state index in [4.69, 9.17) is 14.6 Å². The number of aromatic carboxylic acids is 1. The van der Waals surface area contributed by atoms with Gasteiger partial charge in [-0.2, -0.15) is 0 Å². The molecule has 1 N–H and O–H groups in total. The third-order valence-electron chi connectivity index (χ3n) is 3.17. The molecule has 112 valence electrons. The molecule has 1 atom stereocenters.